The van der Waals surface area contributed by atoms with Gasteiger partial charge in [0.15, 0.2) is 0 Å². The second-order valence-electron chi connectivity index (χ2n) is 3.76. The van der Waals surface area contributed by atoms with Crippen LogP contribution in [0.4, 0.5) is 0 Å². The molecule has 0 spiro atoms. The van der Waals surface area contributed by atoms with E-state index in [2.05, 4.69) is 10.3 Å². The number of aliphatic imine (C=N–C) groups is 1. The SMILES string of the molecule is CC(C)(C)OC(=O)C1=CCN=CN1. The molecule has 0 amide bonds. The Balaban J connectivity index is 2.53. The van der Waals surface area contributed by atoms with Gasteiger partial charge in [-0.25, -0.2) is 4.79 Å². The highest BCUT2D eigenvalue weighted by atomic mass is 16.6. The summed E-state index contributed by atoms with van der Waals surface area (Å²) in [5.74, 6) is -0.335. The van der Waals surface area contributed by atoms with Crippen LogP contribution in [0.3, 0.4) is 0 Å². The molecule has 0 saturated carbocycles. The number of nitrogens with one attached hydrogen (secondary N) is 1. The first-order valence-electron chi connectivity index (χ1n) is 4.17. The predicted molar refractivity (Wildman–Crippen MR) is 50.4 cm³/mol. The first-order chi connectivity index (χ1) is 5.99. The van der Waals surface area contributed by atoms with Crippen LogP contribution >= 0.6 is 0 Å². The van der Waals surface area contributed by atoms with Gasteiger partial charge in [0.1, 0.15) is 11.3 Å². The zero-order valence-electron chi connectivity index (χ0n) is 8.13. The fraction of sp³-hybridized carbons (Fsp3) is 0.556. The molecule has 0 radical (unpaired) electrons. The summed E-state index contributed by atoms with van der Waals surface area (Å²) in [5, 5.41) is 2.74. The highest BCUT2D eigenvalue weighted by Crippen LogP contribution is 2.09. The standard InChI is InChI=1S/C9H14N2O2/c1-9(2,3)13-8(12)7-4-5-10-6-11-7/h4,6H,5H2,1-3H3,(H,10,11). The molecule has 13 heavy (non-hydrogen) atoms. The van der Waals surface area contributed by atoms with E-state index < -0.39 is 5.60 Å². The van der Waals surface area contributed by atoms with Crippen molar-refractivity contribution in [3.8, 4) is 0 Å². The van der Waals surface area contributed by atoms with Gasteiger partial charge in [-0.05, 0) is 26.8 Å². The Bertz CT molecular complexity index is 261. The van der Waals surface area contributed by atoms with Crippen LogP contribution in [0.5, 0.6) is 0 Å². The van der Waals surface area contributed by atoms with E-state index >= 15 is 0 Å². The lowest BCUT2D eigenvalue weighted by molar-refractivity contribution is -0.150. The van der Waals surface area contributed by atoms with Gasteiger partial charge in [-0.2, -0.15) is 0 Å². The molecule has 4 heteroatoms. The molecular weight excluding hydrogens is 168 g/mol. The summed E-state index contributed by atoms with van der Waals surface area (Å²) in [7, 11) is 0. The van der Waals surface area contributed by atoms with Crippen molar-refractivity contribution in [2.24, 2.45) is 4.99 Å². The van der Waals surface area contributed by atoms with Crippen molar-refractivity contribution in [1.82, 2.24) is 5.32 Å². The molecule has 0 aromatic heterocycles. The lowest BCUT2D eigenvalue weighted by Gasteiger charge is -2.20. The zero-order chi connectivity index (χ0) is 9.90. The molecule has 0 fully saturated rings. The quantitative estimate of drug-likeness (QED) is 0.611. The van der Waals surface area contributed by atoms with Gasteiger partial charge in [-0.1, -0.05) is 0 Å². The van der Waals surface area contributed by atoms with E-state index in [4.69, 9.17) is 4.74 Å². The Morgan fingerprint density at radius 3 is 2.77 bits per heavy atom. The number of carbonyl (C=O) groups excluding carboxylic acids is 1. The number of ether oxygens (including phenoxy) is 1. The van der Waals surface area contributed by atoms with E-state index in [0.29, 0.717) is 12.2 Å². The van der Waals surface area contributed by atoms with Crippen molar-refractivity contribution in [1.29, 1.82) is 0 Å². The fourth-order valence-corrected chi connectivity index (χ4v) is 0.846. The lowest BCUT2D eigenvalue weighted by atomic mass is 10.2. The maximum Gasteiger partial charge on any atom is 0.355 e. The average molecular weight is 182 g/mol. The van der Waals surface area contributed by atoms with Crippen LogP contribution in [0, 0.1) is 0 Å². The van der Waals surface area contributed by atoms with Gasteiger partial charge in [0.2, 0.25) is 0 Å². The minimum atomic E-state index is -0.450. The van der Waals surface area contributed by atoms with Gasteiger partial charge in [-0.15, -0.1) is 0 Å². The summed E-state index contributed by atoms with van der Waals surface area (Å²) < 4.78 is 5.15. The number of carbonyl (C=O) groups is 1. The Hall–Kier alpha value is -1.32. The number of hydrogen-bond acceptors (Lipinski definition) is 4. The molecule has 1 aliphatic rings. The van der Waals surface area contributed by atoms with E-state index in [1.807, 2.05) is 20.8 Å². The largest absolute Gasteiger partial charge is 0.455 e. The van der Waals surface area contributed by atoms with Crippen molar-refractivity contribution in [2.75, 3.05) is 6.54 Å². The van der Waals surface area contributed by atoms with Gasteiger partial charge < -0.3 is 10.1 Å². The van der Waals surface area contributed by atoms with Crippen LogP contribution in [-0.4, -0.2) is 24.5 Å². The topological polar surface area (TPSA) is 50.7 Å². The number of nitrogens with zero attached hydrogens (tertiary/aromatic N) is 1. The minimum absolute atomic E-state index is 0.335. The molecule has 1 N–H and O–H groups in total. The summed E-state index contributed by atoms with van der Waals surface area (Å²) in [6, 6.07) is 0. The highest BCUT2D eigenvalue weighted by Gasteiger charge is 2.19. The summed E-state index contributed by atoms with van der Waals surface area (Å²) in [6.07, 6.45) is 3.20. The number of hydrogen-bond donors (Lipinski definition) is 1. The summed E-state index contributed by atoms with van der Waals surface area (Å²) in [4.78, 5) is 15.3. The molecule has 1 rings (SSSR count). The number of esters is 1. The summed E-state index contributed by atoms with van der Waals surface area (Å²) in [6.45, 7) is 6.04. The van der Waals surface area contributed by atoms with Crippen molar-refractivity contribution in [2.45, 2.75) is 26.4 Å². The van der Waals surface area contributed by atoms with Crippen LogP contribution in [0.15, 0.2) is 16.8 Å². The van der Waals surface area contributed by atoms with Crippen molar-refractivity contribution >= 4 is 12.3 Å². The molecular formula is C9H14N2O2. The molecule has 0 unspecified atom stereocenters. The van der Waals surface area contributed by atoms with E-state index in [9.17, 15) is 4.79 Å². The maximum atomic E-state index is 11.4. The predicted octanol–water partition coefficient (Wildman–Crippen LogP) is 0.843. The monoisotopic (exact) mass is 182 g/mol. The Kier molecular flexibility index (Phi) is 2.70. The molecule has 0 atom stereocenters. The van der Waals surface area contributed by atoms with Crippen LogP contribution in [0.2, 0.25) is 0 Å². The second-order valence-corrected chi connectivity index (χ2v) is 3.76. The zero-order valence-corrected chi connectivity index (χ0v) is 8.13. The van der Waals surface area contributed by atoms with E-state index in [1.165, 1.54) is 6.34 Å². The number of rotatable bonds is 1. The first-order valence-corrected chi connectivity index (χ1v) is 4.17. The van der Waals surface area contributed by atoms with Crippen molar-refractivity contribution < 1.29 is 9.53 Å². The molecule has 0 aromatic rings. The van der Waals surface area contributed by atoms with Gasteiger partial charge in [0.25, 0.3) is 0 Å². The van der Waals surface area contributed by atoms with Gasteiger partial charge in [0, 0.05) is 0 Å². The van der Waals surface area contributed by atoms with Gasteiger partial charge in [-0.3, -0.25) is 4.99 Å². The average Bonchev–Trinajstić information content (AvgIpc) is 2.03. The molecule has 0 saturated heterocycles. The van der Waals surface area contributed by atoms with Crippen LogP contribution in [0.1, 0.15) is 20.8 Å². The first kappa shape index (κ1) is 9.77. The third-order valence-electron chi connectivity index (χ3n) is 1.33. The summed E-state index contributed by atoms with van der Waals surface area (Å²) >= 11 is 0. The van der Waals surface area contributed by atoms with Crippen molar-refractivity contribution in [3.63, 3.8) is 0 Å². The highest BCUT2D eigenvalue weighted by molar-refractivity contribution is 5.91. The Morgan fingerprint density at radius 2 is 2.31 bits per heavy atom. The van der Waals surface area contributed by atoms with Gasteiger partial charge >= 0.3 is 5.97 Å². The van der Waals surface area contributed by atoms with Crippen LogP contribution in [-0.2, 0) is 9.53 Å². The second kappa shape index (κ2) is 3.60. The normalized spacial score (nSPS) is 16.1. The molecule has 0 aliphatic carbocycles. The molecule has 0 aromatic carbocycles. The molecule has 72 valence electrons. The maximum absolute atomic E-state index is 11.4. The smallest absolute Gasteiger partial charge is 0.355 e. The van der Waals surface area contributed by atoms with Gasteiger partial charge in [0.05, 0.1) is 12.9 Å². The van der Waals surface area contributed by atoms with E-state index in [1.54, 1.807) is 6.08 Å². The molecule has 1 aliphatic heterocycles. The third kappa shape index (κ3) is 3.27. The Labute approximate surface area is 77.7 Å². The molecule has 1 heterocycles. The molecule has 0 bridgehead atoms. The molecule has 4 nitrogen and oxygen atoms in total. The van der Waals surface area contributed by atoms with Crippen LogP contribution in [0.25, 0.3) is 0 Å². The Morgan fingerprint density at radius 1 is 1.62 bits per heavy atom. The fourth-order valence-electron chi connectivity index (χ4n) is 0.846. The third-order valence-corrected chi connectivity index (χ3v) is 1.33. The summed E-state index contributed by atoms with van der Waals surface area (Å²) in [5.41, 5.74) is 0.0127. The van der Waals surface area contributed by atoms with E-state index in [0.717, 1.165) is 0 Å². The van der Waals surface area contributed by atoms with Crippen LogP contribution < -0.4 is 5.32 Å². The van der Waals surface area contributed by atoms with E-state index in [-0.39, 0.29) is 5.97 Å². The minimum Gasteiger partial charge on any atom is -0.455 e. The lowest BCUT2D eigenvalue weighted by Crippen LogP contribution is -2.30. The van der Waals surface area contributed by atoms with Crippen molar-refractivity contribution in [3.05, 3.63) is 11.8 Å².